The van der Waals surface area contributed by atoms with Crippen molar-refractivity contribution >= 4 is 0 Å². The number of methoxy groups -OCH3 is 1. The summed E-state index contributed by atoms with van der Waals surface area (Å²) in [6.07, 6.45) is 10.8. The van der Waals surface area contributed by atoms with E-state index in [2.05, 4.69) is 26.2 Å². The Morgan fingerprint density at radius 1 is 1.24 bits per heavy atom. The van der Waals surface area contributed by atoms with Gasteiger partial charge in [-0.05, 0) is 87.9 Å². The largest absolute Gasteiger partial charge is 0.379 e. The summed E-state index contributed by atoms with van der Waals surface area (Å²) in [6, 6.07) is 0.456. The van der Waals surface area contributed by atoms with E-state index in [0.717, 1.165) is 24.7 Å². The SMILES string of the molecule is COC(C)(C)CCC(NN)C12CC3CC(CC(C)(C3)C1)C2. The van der Waals surface area contributed by atoms with Gasteiger partial charge in [0.05, 0.1) is 5.60 Å². The van der Waals surface area contributed by atoms with Gasteiger partial charge in [-0.25, -0.2) is 0 Å². The summed E-state index contributed by atoms with van der Waals surface area (Å²) >= 11 is 0. The molecule has 3 unspecified atom stereocenters. The van der Waals surface area contributed by atoms with Crippen molar-refractivity contribution < 1.29 is 4.74 Å². The van der Waals surface area contributed by atoms with E-state index in [-0.39, 0.29) is 5.60 Å². The van der Waals surface area contributed by atoms with Crippen LogP contribution in [-0.4, -0.2) is 18.8 Å². The highest BCUT2D eigenvalue weighted by molar-refractivity contribution is 5.09. The average molecular weight is 294 g/mol. The molecule has 4 bridgehead atoms. The molecule has 0 amide bonds. The highest BCUT2D eigenvalue weighted by Gasteiger charge is 2.58. The Labute approximate surface area is 130 Å². The first-order chi connectivity index (χ1) is 9.80. The normalized spacial score (nSPS) is 43.3. The average Bonchev–Trinajstić information content (AvgIpc) is 2.36. The van der Waals surface area contributed by atoms with Crippen LogP contribution in [0.2, 0.25) is 0 Å². The molecule has 4 saturated carbocycles. The minimum absolute atomic E-state index is 0.0404. The third kappa shape index (κ3) is 2.89. The van der Waals surface area contributed by atoms with Gasteiger partial charge in [0.1, 0.15) is 0 Å². The van der Waals surface area contributed by atoms with Crippen molar-refractivity contribution in [2.75, 3.05) is 7.11 Å². The molecule has 3 atom stereocenters. The van der Waals surface area contributed by atoms with Crippen molar-refractivity contribution in [1.29, 1.82) is 0 Å². The van der Waals surface area contributed by atoms with Crippen LogP contribution in [0.3, 0.4) is 0 Å². The van der Waals surface area contributed by atoms with E-state index >= 15 is 0 Å². The third-order valence-corrected chi connectivity index (χ3v) is 6.93. The van der Waals surface area contributed by atoms with Crippen LogP contribution in [0.4, 0.5) is 0 Å². The zero-order valence-electron chi connectivity index (χ0n) is 14.4. The van der Waals surface area contributed by atoms with E-state index in [4.69, 9.17) is 10.6 Å². The molecule has 4 rings (SSSR count). The lowest BCUT2D eigenvalue weighted by molar-refractivity contribution is -0.121. The predicted octanol–water partition coefficient (Wildman–Crippen LogP) is 3.63. The molecule has 0 aromatic heterocycles. The smallest absolute Gasteiger partial charge is 0.0623 e. The number of rotatable bonds is 6. The summed E-state index contributed by atoms with van der Waals surface area (Å²) in [6.45, 7) is 6.90. The van der Waals surface area contributed by atoms with E-state index in [9.17, 15) is 0 Å². The summed E-state index contributed by atoms with van der Waals surface area (Å²) < 4.78 is 5.60. The van der Waals surface area contributed by atoms with Gasteiger partial charge in [0.15, 0.2) is 0 Å². The third-order valence-electron chi connectivity index (χ3n) is 6.93. The Morgan fingerprint density at radius 3 is 2.33 bits per heavy atom. The van der Waals surface area contributed by atoms with Gasteiger partial charge in [0.25, 0.3) is 0 Å². The number of hydrogen-bond acceptors (Lipinski definition) is 3. The van der Waals surface area contributed by atoms with Crippen LogP contribution in [0.1, 0.15) is 72.1 Å². The fourth-order valence-electron chi connectivity index (χ4n) is 6.37. The van der Waals surface area contributed by atoms with Crippen LogP contribution in [-0.2, 0) is 4.74 Å². The molecule has 0 aromatic rings. The molecule has 21 heavy (non-hydrogen) atoms. The zero-order chi connectivity index (χ0) is 15.3. The summed E-state index contributed by atoms with van der Waals surface area (Å²) in [4.78, 5) is 0. The van der Waals surface area contributed by atoms with E-state index in [1.807, 2.05) is 7.11 Å². The molecule has 4 aliphatic carbocycles. The lowest BCUT2D eigenvalue weighted by Gasteiger charge is -2.63. The molecule has 3 N–H and O–H groups in total. The first kappa shape index (κ1) is 15.8. The molecule has 3 nitrogen and oxygen atoms in total. The Morgan fingerprint density at radius 2 is 1.86 bits per heavy atom. The fourth-order valence-corrected chi connectivity index (χ4v) is 6.37. The maximum atomic E-state index is 6.02. The van der Waals surface area contributed by atoms with Gasteiger partial charge in [-0.15, -0.1) is 0 Å². The van der Waals surface area contributed by atoms with E-state index < -0.39 is 0 Å². The van der Waals surface area contributed by atoms with Gasteiger partial charge < -0.3 is 4.74 Å². The highest BCUT2D eigenvalue weighted by Crippen LogP contribution is 2.66. The quantitative estimate of drug-likeness (QED) is 0.581. The number of nitrogens with one attached hydrogen (secondary N) is 1. The van der Waals surface area contributed by atoms with Gasteiger partial charge >= 0.3 is 0 Å². The maximum Gasteiger partial charge on any atom is 0.0623 e. The van der Waals surface area contributed by atoms with Gasteiger partial charge in [-0.1, -0.05) is 6.92 Å². The monoisotopic (exact) mass is 294 g/mol. The standard InChI is InChI=1S/C18H34N2O/c1-16(2,21-4)6-5-15(20-19)18-10-13-7-14(11-18)9-17(3,8-13)12-18/h13-15,20H,5-12,19H2,1-4H3. The van der Waals surface area contributed by atoms with Crippen molar-refractivity contribution in [1.82, 2.24) is 5.43 Å². The second-order valence-corrected chi connectivity index (χ2v) is 9.36. The lowest BCUT2D eigenvalue weighted by atomic mass is 9.43. The first-order valence-electron chi connectivity index (χ1n) is 8.81. The fraction of sp³-hybridized carbons (Fsp3) is 1.00. The molecular weight excluding hydrogens is 260 g/mol. The molecule has 0 spiro atoms. The second kappa shape index (κ2) is 5.21. The number of ether oxygens (including phenoxy) is 1. The van der Waals surface area contributed by atoms with Gasteiger partial charge in [0, 0.05) is 13.2 Å². The number of hydrogen-bond donors (Lipinski definition) is 2. The molecule has 4 aliphatic rings. The summed E-state index contributed by atoms with van der Waals surface area (Å²) in [5.74, 6) is 7.94. The Kier molecular flexibility index (Phi) is 3.91. The van der Waals surface area contributed by atoms with Crippen molar-refractivity contribution in [2.24, 2.45) is 28.5 Å². The maximum absolute atomic E-state index is 6.02. The molecule has 0 radical (unpaired) electrons. The van der Waals surface area contributed by atoms with E-state index in [0.29, 0.717) is 16.9 Å². The van der Waals surface area contributed by atoms with Crippen molar-refractivity contribution in [2.45, 2.75) is 83.8 Å². The minimum Gasteiger partial charge on any atom is -0.379 e. The summed E-state index contributed by atoms with van der Waals surface area (Å²) in [5.41, 5.74) is 4.23. The van der Waals surface area contributed by atoms with Crippen LogP contribution in [0.25, 0.3) is 0 Å². The topological polar surface area (TPSA) is 47.3 Å². The Bertz CT molecular complexity index is 379. The van der Waals surface area contributed by atoms with E-state index in [1.54, 1.807) is 0 Å². The molecule has 0 heterocycles. The van der Waals surface area contributed by atoms with Crippen LogP contribution in [0.15, 0.2) is 0 Å². The van der Waals surface area contributed by atoms with Crippen LogP contribution < -0.4 is 11.3 Å². The molecule has 3 heteroatoms. The molecule has 0 aliphatic heterocycles. The van der Waals surface area contributed by atoms with Crippen molar-refractivity contribution in [3.8, 4) is 0 Å². The second-order valence-electron chi connectivity index (χ2n) is 9.36. The number of nitrogens with two attached hydrogens (primary N) is 1. The molecular formula is C18H34N2O. The molecule has 0 saturated heterocycles. The van der Waals surface area contributed by atoms with Gasteiger partial charge in [-0.2, -0.15) is 0 Å². The number of hydrazine groups is 1. The van der Waals surface area contributed by atoms with Gasteiger partial charge in [0.2, 0.25) is 0 Å². The van der Waals surface area contributed by atoms with Crippen LogP contribution in [0, 0.1) is 22.7 Å². The molecule has 0 aromatic carbocycles. The van der Waals surface area contributed by atoms with Crippen molar-refractivity contribution in [3.63, 3.8) is 0 Å². The highest BCUT2D eigenvalue weighted by atomic mass is 16.5. The first-order valence-corrected chi connectivity index (χ1v) is 8.81. The lowest BCUT2D eigenvalue weighted by Crippen LogP contribution is -2.60. The summed E-state index contributed by atoms with van der Waals surface area (Å²) in [7, 11) is 1.82. The molecule has 122 valence electrons. The van der Waals surface area contributed by atoms with Gasteiger partial charge in [-0.3, -0.25) is 11.3 Å². The molecule has 4 fully saturated rings. The van der Waals surface area contributed by atoms with Crippen LogP contribution in [0.5, 0.6) is 0 Å². The predicted molar refractivity (Wildman–Crippen MR) is 86.7 cm³/mol. The Balaban J connectivity index is 1.74. The van der Waals surface area contributed by atoms with E-state index in [1.165, 1.54) is 38.5 Å². The summed E-state index contributed by atoms with van der Waals surface area (Å²) in [5, 5.41) is 0. The van der Waals surface area contributed by atoms with Crippen LogP contribution >= 0.6 is 0 Å². The van der Waals surface area contributed by atoms with Crippen molar-refractivity contribution in [3.05, 3.63) is 0 Å². The zero-order valence-corrected chi connectivity index (χ0v) is 14.4. The minimum atomic E-state index is -0.0404. The Hall–Kier alpha value is -0.120.